The third-order valence-electron chi connectivity index (χ3n) is 3.16. The number of hydrogen-bond acceptors (Lipinski definition) is 4. The van der Waals surface area contributed by atoms with E-state index >= 15 is 0 Å². The van der Waals surface area contributed by atoms with Gasteiger partial charge in [0.2, 0.25) is 10.0 Å². The van der Waals surface area contributed by atoms with E-state index in [1.165, 1.54) is 13.2 Å². The lowest BCUT2D eigenvalue weighted by atomic mass is 10.1. The maximum absolute atomic E-state index is 13.6. The van der Waals surface area contributed by atoms with Crippen LogP contribution in [0, 0.1) is 5.82 Å². The molecule has 5 nitrogen and oxygen atoms in total. The van der Waals surface area contributed by atoms with Crippen LogP contribution in [0.5, 0.6) is 5.75 Å². The maximum Gasteiger partial charge on any atom is 0.244 e. The number of halogens is 2. The van der Waals surface area contributed by atoms with E-state index in [2.05, 4.69) is 26.0 Å². The van der Waals surface area contributed by atoms with Gasteiger partial charge in [-0.2, -0.15) is 0 Å². The topological polar surface area (TPSA) is 67.4 Å². The van der Waals surface area contributed by atoms with Crippen molar-refractivity contribution >= 4 is 26.0 Å². The van der Waals surface area contributed by atoms with E-state index in [0.717, 1.165) is 19.2 Å². The molecule has 0 radical (unpaired) electrons. The number of piperidine rings is 1. The molecule has 2 N–H and O–H groups in total. The summed E-state index contributed by atoms with van der Waals surface area (Å²) in [5, 5.41) is 3.15. The monoisotopic (exact) mass is 366 g/mol. The van der Waals surface area contributed by atoms with Crippen molar-refractivity contribution in [2.45, 2.75) is 23.8 Å². The van der Waals surface area contributed by atoms with Gasteiger partial charge in [0.05, 0.1) is 11.6 Å². The predicted molar refractivity (Wildman–Crippen MR) is 76.9 cm³/mol. The summed E-state index contributed by atoms with van der Waals surface area (Å²) in [6.07, 6.45) is 1.42. The third-order valence-corrected chi connectivity index (χ3v) is 5.31. The zero-order valence-electron chi connectivity index (χ0n) is 10.9. The average molecular weight is 367 g/mol. The Morgan fingerprint density at radius 1 is 1.40 bits per heavy atom. The summed E-state index contributed by atoms with van der Waals surface area (Å²) in [4.78, 5) is -0.181. The molecule has 2 rings (SSSR count). The third kappa shape index (κ3) is 3.49. The Kier molecular flexibility index (Phi) is 5.00. The van der Waals surface area contributed by atoms with Crippen LogP contribution in [-0.4, -0.2) is 34.7 Å². The van der Waals surface area contributed by atoms with Crippen LogP contribution in [0.1, 0.15) is 12.8 Å². The van der Waals surface area contributed by atoms with Crippen LogP contribution in [0.3, 0.4) is 0 Å². The zero-order valence-corrected chi connectivity index (χ0v) is 13.4. The summed E-state index contributed by atoms with van der Waals surface area (Å²) in [6, 6.07) is 2.14. The van der Waals surface area contributed by atoms with E-state index in [1.54, 1.807) is 0 Å². The molecular weight excluding hydrogens is 351 g/mol. The normalized spacial score (nSPS) is 17.1. The SMILES string of the molecule is COc1cc(Br)c(F)cc1S(=O)(=O)NC1CCNCC1. The van der Waals surface area contributed by atoms with E-state index < -0.39 is 15.8 Å². The quantitative estimate of drug-likeness (QED) is 0.849. The molecule has 1 aromatic carbocycles. The van der Waals surface area contributed by atoms with Gasteiger partial charge in [0.25, 0.3) is 0 Å². The van der Waals surface area contributed by atoms with Gasteiger partial charge in [0.15, 0.2) is 0 Å². The highest BCUT2D eigenvalue weighted by Gasteiger charge is 2.26. The molecule has 1 aliphatic heterocycles. The summed E-state index contributed by atoms with van der Waals surface area (Å²) < 4.78 is 46.1. The molecule has 1 fully saturated rings. The second kappa shape index (κ2) is 6.38. The number of rotatable bonds is 4. The van der Waals surface area contributed by atoms with E-state index in [9.17, 15) is 12.8 Å². The summed E-state index contributed by atoms with van der Waals surface area (Å²) in [5.74, 6) is -0.531. The molecule has 112 valence electrons. The number of benzene rings is 1. The second-order valence-corrected chi connectivity index (χ2v) is 7.10. The largest absolute Gasteiger partial charge is 0.495 e. The molecule has 0 atom stereocenters. The fourth-order valence-corrected chi connectivity index (χ4v) is 3.89. The lowest BCUT2D eigenvalue weighted by Crippen LogP contribution is -2.42. The molecule has 0 saturated carbocycles. The molecular formula is C12H16BrFN2O3S. The Hall–Kier alpha value is -0.700. The van der Waals surface area contributed by atoms with Gasteiger partial charge in [-0.05, 0) is 54.0 Å². The van der Waals surface area contributed by atoms with Crippen molar-refractivity contribution in [3.05, 3.63) is 22.4 Å². The highest BCUT2D eigenvalue weighted by atomic mass is 79.9. The molecule has 0 aromatic heterocycles. The standard InChI is InChI=1S/C12H16BrFN2O3S/c1-19-11-6-9(13)10(14)7-12(11)20(17,18)16-8-2-4-15-5-3-8/h6-8,15-16H,2-5H2,1H3. The Morgan fingerprint density at radius 3 is 2.65 bits per heavy atom. The average Bonchev–Trinajstić information content (AvgIpc) is 2.42. The maximum atomic E-state index is 13.6. The molecule has 1 heterocycles. The molecule has 0 bridgehead atoms. The van der Waals surface area contributed by atoms with Gasteiger partial charge < -0.3 is 10.1 Å². The first-order valence-electron chi connectivity index (χ1n) is 6.20. The fraction of sp³-hybridized carbons (Fsp3) is 0.500. The van der Waals surface area contributed by atoms with Crippen LogP contribution in [0.25, 0.3) is 0 Å². The van der Waals surface area contributed by atoms with Crippen molar-refractivity contribution in [1.82, 2.24) is 10.0 Å². The van der Waals surface area contributed by atoms with Gasteiger partial charge in [-0.1, -0.05) is 0 Å². The Labute approximate surface area is 126 Å². The van der Waals surface area contributed by atoms with E-state index in [-0.39, 0.29) is 21.2 Å². The van der Waals surface area contributed by atoms with Crippen molar-refractivity contribution in [2.75, 3.05) is 20.2 Å². The zero-order chi connectivity index (χ0) is 14.8. The first kappa shape index (κ1) is 15.7. The first-order valence-corrected chi connectivity index (χ1v) is 8.48. The van der Waals surface area contributed by atoms with Crippen LogP contribution in [0.15, 0.2) is 21.5 Å². The molecule has 0 aliphatic carbocycles. The highest BCUT2D eigenvalue weighted by molar-refractivity contribution is 9.10. The number of hydrogen-bond donors (Lipinski definition) is 2. The molecule has 0 unspecified atom stereocenters. The predicted octanol–water partition coefficient (Wildman–Crippen LogP) is 1.63. The highest BCUT2D eigenvalue weighted by Crippen LogP contribution is 2.30. The van der Waals surface area contributed by atoms with Crippen LogP contribution in [-0.2, 0) is 10.0 Å². The number of ether oxygens (including phenoxy) is 1. The van der Waals surface area contributed by atoms with Crippen LogP contribution >= 0.6 is 15.9 Å². The summed E-state index contributed by atoms with van der Waals surface area (Å²) >= 11 is 3.01. The van der Waals surface area contributed by atoms with Gasteiger partial charge in [0.1, 0.15) is 16.5 Å². The molecule has 20 heavy (non-hydrogen) atoms. The minimum Gasteiger partial charge on any atom is -0.495 e. The summed E-state index contributed by atoms with van der Waals surface area (Å²) in [7, 11) is -2.46. The Bertz CT molecular complexity index is 589. The molecule has 0 spiro atoms. The van der Waals surface area contributed by atoms with Crippen molar-refractivity contribution in [1.29, 1.82) is 0 Å². The van der Waals surface area contributed by atoms with Gasteiger partial charge in [-0.25, -0.2) is 17.5 Å². The van der Waals surface area contributed by atoms with Crippen LogP contribution in [0.2, 0.25) is 0 Å². The van der Waals surface area contributed by atoms with Gasteiger partial charge in [-0.15, -0.1) is 0 Å². The van der Waals surface area contributed by atoms with Crippen molar-refractivity contribution < 1.29 is 17.5 Å². The van der Waals surface area contributed by atoms with E-state index in [1.807, 2.05) is 0 Å². The minimum absolute atomic E-state index is 0.111. The molecule has 1 saturated heterocycles. The smallest absolute Gasteiger partial charge is 0.244 e. The summed E-state index contributed by atoms with van der Waals surface area (Å²) in [6.45, 7) is 1.53. The summed E-state index contributed by atoms with van der Waals surface area (Å²) in [5.41, 5.74) is 0. The van der Waals surface area contributed by atoms with Crippen LogP contribution < -0.4 is 14.8 Å². The van der Waals surface area contributed by atoms with Crippen LogP contribution in [0.4, 0.5) is 4.39 Å². The van der Waals surface area contributed by atoms with Gasteiger partial charge >= 0.3 is 0 Å². The molecule has 1 aromatic rings. The Morgan fingerprint density at radius 2 is 2.05 bits per heavy atom. The molecule has 8 heteroatoms. The van der Waals surface area contributed by atoms with E-state index in [0.29, 0.717) is 12.8 Å². The van der Waals surface area contributed by atoms with Gasteiger partial charge in [0, 0.05) is 6.04 Å². The second-order valence-electron chi connectivity index (χ2n) is 4.56. The lowest BCUT2D eigenvalue weighted by Gasteiger charge is -2.24. The minimum atomic E-state index is -3.81. The fourth-order valence-electron chi connectivity index (χ4n) is 2.10. The molecule has 0 amide bonds. The number of methoxy groups -OCH3 is 1. The lowest BCUT2D eigenvalue weighted by molar-refractivity contribution is 0.397. The molecule has 1 aliphatic rings. The van der Waals surface area contributed by atoms with Crippen molar-refractivity contribution in [3.63, 3.8) is 0 Å². The Balaban J connectivity index is 2.30. The number of nitrogens with one attached hydrogen (secondary N) is 2. The van der Waals surface area contributed by atoms with Crippen molar-refractivity contribution in [2.24, 2.45) is 0 Å². The number of sulfonamides is 1. The first-order chi connectivity index (χ1) is 9.44. The van der Waals surface area contributed by atoms with Crippen molar-refractivity contribution in [3.8, 4) is 5.75 Å². The van der Waals surface area contributed by atoms with E-state index in [4.69, 9.17) is 4.74 Å². The van der Waals surface area contributed by atoms with Gasteiger partial charge in [-0.3, -0.25) is 0 Å².